The number of pyridine rings is 2. The number of hydrogen-bond acceptors (Lipinski definition) is 9. The number of hydrogen-bond donors (Lipinski definition) is 2. The molecule has 0 aliphatic carbocycles. The van der Waals surface area contributed by atoms with Gasteiger partial charge in [0, 0.05) is 91.1 Å². The predicted octanol–water partition coefficient (Wildman–Crippen LogP) is 5.73. The van der Waals surface area contributed by atoms with Gasteiger partial charge < -0.3 is 10.8 Å². The summed E-state index contributed by atoms with van der Waals surface area (Å²) < 4.78 is 51.7. The second-order valence-electron chi connectivity index (χ2n) is 11.0. The molecule has 6 aromatic rings. The molecular formula is C37H28BN3O7S2U. The number of nitrogens with two attached hydrogens (primary N) is 1. The van der Waals surface area contributed by atoms with Gasteiger partial charge in [-0.05, 0) is 72.6 Å². The SMILES string of the molecule is Nc1ccc2c(c1)S(=O)(=O)C=C2.O=C(Cc1ccc2c(c1)S(=O)(=O)C=C2)c1ccnc2ccccc12.O=C(O)c1ccnc2ccccc12.[3H][B].[U]. The molecule has 0 amide bonds. The fraction of sp³-hybridized carbons (Fsp3) is 0.0270. The molecule has 0 saturated carbocycles. The van der Waals surface area contributed by atoms with Crippen LogP contribution in [0.2, 0.25) is 0 Å². The molecule has 8 rings (SSSR count). The average Bonchev–Trinajstić information content (AvgIpc) is 3.61. The second kappa shape index (κ2) is 16.0. The summed E-state index contributed by atoms with van der Waals surface area (Å²) >= 11 is 0. The number of fused-ring (bicyclic) bond motifs is 4. The number of carbonyl (C=O) groups excluding carboxylic acids is 1. The van der Waals surface area contributed by atoms with E-state index in [0.29, 0.717) is 49.3 Å². The van der Waals surface area contributed by atoms with Crippen molar-refractivity contribution in [3.8, 4) is 0 Å². The molecule has 14 heteroatoms. The first-order valence-corrected chi connectivity index (χ1v) is 17.8. The van der Waals surface area contributed by atoms with E-state index in [0.717, 1.165) is 10.9 Å². The van der Waals surface area contributed by atoms with E-state index in [4.69, 9.17) is 12.2 Å². The monoisotopic (exact) mass is 941 g/mol. The van der Waals surface area contributed by atoms with Crippen LogP contribution in [0, 0.1) is 31.1 Å². The Morgan fingerprint density at radius 1 is 0.686 bits per heavy atom. The molecule has 2 aromatic heterocycles. The Bertz CT molecular complexity index is 2590. The molecule has 0 unspecified atom stereocenters. The van der Waals surface area contributed by atoms with Crippen molar-refractivity contribution >= 4 is 79.4 Å². The van der Waals surface area contributed by atoms with Gasteiger partial charge >= 0.3 is 5.97 Å². The van der Waals surface area contributed by atoms with Crippen molar-refractivity contribution in [3.05, 3.63) is 148 Å². The molecule has 4 aromatic carbocycles. The van der Waals surface area contributed by atoms with Crippen molar-refractivity contribution in [3.63, 3.8) is 0 Å². The van der Waals surface area contributed by atoms with E-state index in [1.807, 2.05) is 30.3 Å². The number of sulfone groups is 2. The van der Waals surface area contributed by atoms with Crippen molar-refractivity contribution < 1.29 is 62.6 Å². The van der Waals surface area contributed by atoms with Gasteiger partial charge in [-0.25, -0.2) is 21.6 Å². The van der Waals surface area contributed by atoms with Gasteiger partial charge in [-0.15, -0.1) is 0 Å². The van der Waals surface area contributed by atoms with Gasteiger partial charge in [0.2, 0.25) is 9.84 Å². The number of Topliss-reactive ketones (excluding diaryl/α,β-unsaturated/α-hetero) is 1. The van der Waals surface area contributed by atoms with E-state index >= 15 is 0 Å². The summed E-state index contributed by atoms with van der Waals surface area (Å²) in [5.74, 6) is -0.976. The Morgan fingerprint density at radius 3 is 1.75 bits per heavy atom. The largest absolute Gasteiger partial charge is 0.478 e. The molecular weight excluding hydrogens is 911 g/mol. The van der Waals surface area contributed by atoms with Gasteiger partial charge in [0.25, 0.3) is 0 Å². The smallest absolute Gasteiger partial charge is 0.336 e. The minimum Gasteiger partial charge on any atom is -0.478 e. The number of para-hydroxylation sites is 2. The molecule has 0 bridgehead atoms. The van der Waals surface area contributed by atoms with Gasteiger partial charge in [0.05, 0.1) is 26.4 Å². The Hall–Kier alpha value is -4.86. The van der Waals surface area contributed by atoms with E-state index in [-0.39, 0.29) is 48.2 Å². The number of carbonyl (C=O) groups is 2. The fourth-order valence-corrected chi connectivity index (χ4v) is 7.87. The van der Waals surface area contributed by atoms with E-state index in [1.54, 1.807) is 72.9 Å². The molecule has 0 saturated heterocycles. The van der Waals surface area contributed by atoms with Crippen LogP contribution in [-0.2, 0) is 26.1 Å². The summed E-state index contributed by atoms with van der Waals surface area (Å²) in [5, 5.41) is 12.7. The maximum atomic E-state index is 12.7. The van der Waals surface area contributed by atoms with Crippen LogP contribution < -0.4 is 5.73 Å². The number of carboxylic acids is 1. The van der Waals surface area contributed by atoms with Gasteiger partial charge in [-0.1, -0.05) is 54.6 Å². The first-order chi connectivity index (χ1) is 24.4. The number of rotatable bonds is 4. The predicted molar refractivity (Wildman–Crippen MR) is 195 cm³/mol. The summed E-state index contributed by atoms with van der Waals surface area (Å²) in [7, 11) is -2.80. The van der Waals surface area contributed by atoms with Crippen LogP contribution in [0.3, 0.4) is 0 Å². The van der Waals surface area contributed by atoms with E-state index < -0.39 is 25.6 Å². The number of aromatic carboxylic acids is 1. The molecule has 0 fully saturated rings. The zero-order valence-corrected chi connectivity index (χ0v) is 32.5. The average molecular weight is 942 g/mol. The van der Waals surface area contributed by atoms with Crippen LogP contribution in [-0.4, -0.2) is 53.4 Å². The number of aromatic nitrogens is 2. The minimum absolute atomic E-state index is 0. The standard InChI is InChI=1S/C19H13NO3S.C10H7NO2.C8H7NO2S.BH.U/c21-18(16-7-9-20-17-4-2-1-3-15(16)17)11-13-5-6-14-8-10-24(22,23)19(14)12-13;12-10(13)8-5-6-11-9-4-2-1-3-7(8)9;9-7-2-1-6-3-4-12(10,11)8(6)5-7;;/h1-10,12H,11H2;1-6H,(H,12,13);1-5H,9H2;1H;/i;;;1T;. The van der Waals surface area contributed by atoms with Crippen LogP contribution in [0.4, 0.5) is 5.69 Å². The second-order valence-corrected chi connectivity index (χ2v) is 14.6. The third kappa shape index (κ3) is 8.55. The number of ketones is 1. The minimum atomic E-state index is -3.37. The molecule has 2 radical (unpaired) electrons. The molecule has 2 aliphatic rings. The van der Waals surface area contributed by atoms with Crippen molar-refractivity contribution in [1.82, 2.24) is 9.97 Å². The van der Waals surface area contributed by atoms with Crippen LogP contribution in [0.1, 0.15) is 37.4 Å². The number of anilines is 1. The van der Waals surface area contributed by atoms with Crippen molar-refractivity contribution in [2.75, 3.05) is 5.73 Å². The van der Waals surface area contributed by atoms with Gasteiger partial charge in [0.15, 0.2) is 15.6 Å². The number of benzene rings is 4. The first-order valence-electron chi connectivity index (χ1n) is 15.3. The Balaban J connectivity index is 0.000000184. The molecule has 3 N–H and O–H groups in total. The molecule has 0 spiro atoms. The maximum Gasteiger partial charge on any atom is 0.336 e. The van der Waals surface area contributed by atoms with Gasteiger partial charge in [-0.2, -0.15) is 0 Å². The maximum absolute atomic E-state index is 12.7. The number of carboxylic acid groups (broad SMARTS) is 1. The zero-order valence-electron chi connectivity index (χ0n) is 27.7. The summed E-state index contributed by atoms with van der Waals surface area (Å²) in [4.78, 5) is 32.4. The summed E-state index contributed by atoms with van der Waals surface area (Å²) in [5.41, 5.74) is 10.4. The Labute approximate surface area is 321 Å². The fourth-order valence-electron chi connectivity index (χ4n) is 5.38. The number of nitrogen functional groups attached to an aromatic ring is 1. The Kier molecular flexibility index (Phi) is 11.7. The van der Waals surface area contributed by atoms with Crippen LogP contribution in [0.15, 0.2) is 130 Å². The molecule has 51 heavy (non-hydrogen) atoms. The zero-order chi connectivity index (χ0) is 36.8. The van der Waals surface area contributed by atoms with E-state index in [1.165, 1.54) is 29.1 Å². The quantitative estimate of drug-likeness (QED) is 0.126. The van der Waals surface area contributed by atoms with E-state index in [2.05, 4.69) is 18.3 Å². The summed E-state index contributed by atoms with van der Waals surface area (Å²) in [6.07, 6.45) is 6.42. The third-order valence-corrected chi connectivity index (χ3v) is 10.7. The molecule has 10 nitrogen and oxygen atoms in total. The summed E-state index contributed by atoms with van der Waals surface area (Å²) in [6.45, 7) is 0. The van der Waals surface area contributed by atoms with Gasteiger partial charge in [-0.3, -0.25) is 14.8 Å². The summed E-state index contributed by atoms with van der Waals surface area (Å²) in [6, 6.07) is 27.9. The van der Waals surface area contributed by atoms with Gasteiger partial charge in [0.1, 0.15) is 0 Å². The van der Waals surface area contributed by atoms with Crippen LogP contribution in [0.25, 0.3) is 34.0 Å². The molecule has 252 valence electrons. The molecule has 2 aliphatic heterocycles. The van der Waals surface area contributed by atoms with Crippen molar-refractivity contribution in [2.24, 2.45) is 0 Å². The van der Waals surface area contributed by atoms with E-state index in [9.17, 15) is 26.4 Å². The third-order valence-electron chi connectivity index (χ3n) is 7.78. The molecule has 0 atom stereocenters. The van der Waals surface area contributed by atoms with Crippen molar-refractivity contribution in [2.45, 2.75) is 16.2 Å². The van der Waals surface area contributed by atoms with Crippen LogP contribution in [0.5, 0.6) is 0 Å². The normalized spacial score (nSPS) is 13.8. The number of nitrogens with zero attached hydrogens (tertiary/aromatic N) is 2. The topological polar surface area (TPSA) is 174 Å². The van der Waals surface area contributed by atoms with Crippen molar-refractivity contribution in [1.29, 1.82) is 1.34 Å². The Morgan fingerprint density at radius 2 is 1.18 bits per heavy atom. The molecule has 4 heterocycles. The van der Waals surface area contributed by atoms with Crippen LogP contribution >= 0.6 is 0 Å². The first kappa shape index (κ1) is 37.4.